The van der Waals surface area contributed by atoms with E-state index in [0.29, 0.717) is 31.2 Å². The fourth-order valence-electron chi connectivity index (χ4n) is 2.06. The lowest BCUT2D eigenvalue weighted by atomic mass is 10.1. The number of methoxy groups -OCH3 is 1. The van der Waals surface area contributed by atoms with Gasteiger partial charge >= 0.3 is 0 Å². The summed E-state index contributed by atoms with van der Waals surface area (Å²) in [7, 11) is 1.59. The smallest absolute Gasteiger partial charge is 0.166 e. The van der Waals surface area contributed by atoms with E-state index in [0.717, 1.165) is 11.1 Å². The van der Waals surface area contributed by atoms with Crippen LogP contribution in [0.15, 0.2) is 42.5 Å². The van der Waals surface area contributed by atoms with E-state index >= 15 is 0 Å². The van der Waals surface area contributed by atoms with Crippen molar-refractivity contribution in [2.75, 3.05) is 20.3 Å². The minimum absolute atomic E-state index is 0. The molecule has 0 aliphatic heterocycles. The van der Waals surface area contributed by atoms with Crippen LogP contribution in [0.2, 0.25) is 0 Å². The van der Waals surface area contributed by atoms with E-state index in [1.807, 2.05) is 18.2 Å². The number of benzene rings is 2. The number of aliphatic hydroxyl groups excluding tert-OH is 1. The van der Waals surface area contributed by atoms with Crippen LogP contribution < -0.4 is 14.8 Å². The molecule has 2 aromatic rings. The molecule has 0 bridgehead atoms. The molecule has 0 radical (unpaired) electrons. The largest absolute Gasteiger partial charge is 0.493 e. The van der Waals surface area contributed by atoms with E-state index in [9.17, 15) is 4.39 Å². The molecule has 23 heavy (non-hydrogen) atoms. The minimum atomic E-state index is -0.269. The molecular weight excluding hydrogens is 321 g/mol. The lowest BCUT2D eigenvalue weighted by molar-refractivity contribution is 0.277. The standard InChI is InChI=1S/C17H20FNO3.ClH/c1-21-16-4-2-3-14(11-19-9-10-20)17(16)22-12-13-5-7-15(18)8-6-13;/h2-8,19-20H,9-12H2,1H3;1H. The molecule has 0 spiro atoms. The number of aliphatic hydroxyl groups is 1. The first-order valence-corrected chi connectivity index (χ1v) is 7.09. The van der Waals surface area contributed by atoms with E-state index < -0.39 is 0 Å². The van der Waals surface area contributed by atoms with Crippen LogP contribution in [0.3, 0.4) is 0 Å². The van der Waals surface area contributed by atoms with Crippen molar-refractivity contribution in [1.82, 2.24) is 5.32 Å². The topological polar surface area (TPSA) is 50.7 Å². The van der Waals surface area contributed by atoms with E-state index in [1.54, 1.807) is 19.2 Å². The van der Waals surface area contributed by atoms with Crippen LogP contribution in [0.4, 0.5) is 4.39 Å². The summed E-state index contributed by atoms with van der Waals surface area (Å²) in [5, 5.41) is 12.0. The number of halogens is 2. The van der Waals surface area contributed by atoms with Gasteiger partial charge in [0.25, 0.3) is 0 Å². The van der Waals surface area contributed by atoms with Gasteiger partial charge in [-0.1, -0.05) is 24.3 Å². The zero-order valence-electron chi connectivity index (χ0n) is 12.9. The van der Waals surface area contributed by atoms with Crippen LogP contribution in [-0.4, -0.2) is 25.4 Å². The van der Waals surface area contributed by atoms with Crippen LogP contribution in [0, 0.1) is 5.82 Å². The predicted molar refractivity (Wildman–Crippen MR) is 89.8 cm³/mol. The maximum atomic E-state index is 12.9. The Labute approximate surface area is 141 Å². The van der Waals surface area contributed by atoms with E-state index in [2.05, 4.69) is 5.32 Å². The second kappa shape index (κ2) is 10.0. The third kappa shape index (κ3) is 5.71. The zero-order chi connectivity index (χ0) is 15.8. The Balaban J connectivity index is 0.00000264. The highest BCUT2D eigenvalue weighted by Crippen LogP contribution is 2.31. The molecule has 2 N–H and O–H groups in total. The fourth-order valence-corrected chi connectivity index (χ4v) is 2.06. The van der Waals surface area contributed by atoms with Gasteiger partial charge in [-0.2, -0.15) is 0 Å². The molecule has 126 valence electrons. The number of para-hydroxylation sites is 1. The van der Waals surface area contributed by atoms with Gasteiger partial charge in [0.15, 0.2) is 11.5 Å². The highest BCUT2D eigenvalue weighted by Gasteiger charge is 2.10. The number of rotatable bonds is 8. The molecule has 6 heteroatoms. The van der Waals surface area contributed by atoms with Gasteiger partial charge in [0.2, 0.25) is 0 Å². The van der Waals surface area contributed by atoms with Crippen molar-refractivity contribution in [3.63, 3.8) is 0 Å². The molecule has 2 rings (SSSR count). The summed E-state index contributed by atoms with van der Waals surface area (Å²) >= 11 is 0. The molecule has 0 saturated carbocycles. The summed E-state index contributed by atoms with van der Waals surface area (Å²) in [6.07, 6.45) is 0. The van der Waals surface area contributed by atoms with Gasteiger partial charge in [-0.25, -0.2) is 4.39 Å². The third-order valence-electron chi connectivity index (χ3n) is 3.18. The van der Waals surface area contributed by atoms with Gasteiger partial charge in [0.1, 0.15) is 12.4 Å². The van der Waals surface area contributed by atoms with Crippen LogP contribution in [-0.2, 0) is 13.2 Å². The summed E-state index contributed by atoms with van der Waals surface area (Å²) in [6.45, 7) is 1.48. The van der Waals surface area contributed by atoms with Crippen molar-refractivity contribution in [3.8, 4) is 11.5 Å². The highest BCUT2D eigenvalue weighted by atomic mass is 35.5. The van der Waals surface area contributed by atoms with Gasteiger partial charge in [0, 0.05) is 18.7 Å². The van der Waals surface area contributed by atoms with Crippen molar-refractivity contribution in [2.45, 2.75) is 13.2 Å². The van der Waals surface area contributed by atoms with Crippen molar-refractivity contribution in [2.24, 2.45) is 0 Å². The lowest BCUT2D eigenvalue weighted by Crippen LogP contribution is -2.18. The Hall–Kier alpha value is -1.82. The third-order valence-corrected chi connectivity index (χ3v) is 3.18. The van der Waals surface area contributed by atoms with Gasteiger partial charge < -0.3 is 19.9 Å². The molecular formula is C17H21ClFNO3. The number of hydrogen-bond acceptors (Lipinski definition) is 4. The van der Waals surface area contributed by atoms with Crippen molar-refractivity contribution in [1.29, 1.82) is 0 Å². The van der Waals surface area contributed by atoms with E-state index in [-0.39, 0.29) is 24.8 Å². The molecule has 0 atom stereocenters. The van der Waals surface area contributed by atoms with Crippen LogP contribution in [0.5, 0.6) is 11.5 Å². The molecule has 0 aliphatic rings. The predicted octanol–water partition coefficient (Wildman–Crippen LogP) is 2.92. The Morgan fingerprint density at radius 3 is 2.52 bits per heavy atom. The van der Waals surface area contributed by atoms with Crippen LogP contribution in [0.1, 0.15) is 11.1 Å². The van der Waals surface area contributed by atoms with Gasteiger partial charge in [-0.15, -0.1) is 12.4 Å². The molecule has 0 fully saturated rings. The van der Waals surface area contributed by atoms with Crippen LogP contribution >= 0.6 is 12.4 Å². The number of ether oxygens (including phenoxy) is 2. The van der Waals surface area contributed by atoms with Gasteiger partial charge in [-0.3, -0.25) is 0 Å². The normalized spacial score (nSPS) is 10.0. The first kappa shape index (κ1) is 19.2. The minimum Gasteiger partial charge on any atom is -0.493 e. The number of nitrogens with one attached hydrogen (secondary N) is 1. The van der Waals surface area contributed by atoms with E-state index in [1.165, 1.54) is 12.1 Å². The summed E-state index contributed by atoms with van der Waals surface area (Å²) in [5.41, 5.74) is 1.82. The lowest BCUT2D eigenvalue weighted by Gasteiger charge is -2.15. The maximum absolute atomic E-state index is 12.9. The molecule has 0 aromatic heterocycles. The highest BCUT2D eigenvalue weighted by molar-refractivity contribution is 5.85. The van der Waals surface area contributed by atoms with Gasteiger partial charge in [0.05, 0.1) is 13.7 Å². The molecule has 2 aromatic carbocycles. The molecule has 0 saturated heterocycles. The molecule has 0 aliphatic carbocycles. The quantitative estimate of drug-likeness (QED) is 0.725. The fraction of sp³-hybridized carbons (Fsp3) is 0.294. The van der Waals surface area contributed by atoms with Crippen molar-refractivity contribution < 1.29 is 19.0 Å². The summed E-state index contributed by atoms with van der Waals surface area (Å²) in [6, 6.07) is 11.8. The summed E-state index contributed by atoms with van der Waals surface area (Å²) in [4.78, 5) is 0. The first-order valence-electron chi connectivity index (χ1n) is 7.09. The van der Waals surface area contributed by atoms with Crippen molar-refractivity contribution in [3.05, 3.63) is 59.4 Å². The molecule has 0 unspecified atom stereocenters. The van der Waals surface area contributed by atoms with E-state index in [4.69, 9.17) is 14.6 Å². The SMILES string of the molecule is COc1cccc(CNCCO)c1OCc1ccc(F)cc1.Cl. The Morgan fingerprint density at radius 2 is 1.87 bits per heavy atom. The first-order chi connectivity index (χ1) is 10.7. The summed E-state index contributed by atoms with van der Waals surface area (Å²) < 4.78 is 24.1. The van der Waals surface area contributed by atoms with Crippen LogP contribution in [0.25, 0.3) is 0 Å². The number of hydrogen-bond donors (Lipinski definition) is 2. The Kier molecular flexibility index (Phi) is 8.40. The monoisotopic (exact) mass is 341 g/mol. The maximum Gasteiger partial charge on any atom is 0.166 e. The Bertz CT molecular complexity index is 593. The molecule has 0 amide bonds. The second-order valence-corrected chi connectivity index (χ2v) is 4.76. The molecule has 4 nitrogen and oxygen atoms in total. The summed E-state index contributed by atoms with van der Waals surface area (Å²) in [5.74, 6) is 1.03. The zero-order valence-corrected chi connectivity index (χ0v) is 13.7. The van der Waals surface area contributed by atoms with Crippen molar-refractivity contribution >= 4 is 12.4 Å². The molecule has 0 heterocycles. The average molecular weight is 342 g/mol. The average Bonchev–Trinajstić information content (AvgIpc) is 2.55. The van der Waals surface area contributed by atoms with Gasteiger partial charge in [-0.05, 0) is 23.8 Å². The Morgan fingerprint density at radius 1 is 1.13 bits per heavy atom. The second-order valence-electron chi connectivity index (χ2n) is 4.76.